The first-order chi connectivity index (χ1) is 29.6. The Hall–Kier alpha value is -5.74. The molecule has 0 aromatic heterocycles. The molecule has 3 aliphatic carbocycles. The van der Waals surface area contributed by atoms with E-state index in [1.54, 1.807) is 85.8 Å². The van der Waals surface area contributed by atoms with E-state index >= 15 is 4.79 Å². The Morgan fingerprint density at radius 3 is 1.92 bits per heavy atom. The van der Waals surface area contributed by atoms with Crippen LogP contribution in [0.4, 0.5) is 0 Å². The fourth-order valence-electron chi connectivity index (χ4n) is 10.2. The number of carbonyl (C=O) groups excluding carboxylic acids is 6. The molecule has 3 aromatic carbocycles. The van der Waals surface area contributed by atoms with E-state index in [9.17, 15) is 44.4 Å². The van der Waals surface area contributed by atoms with Gasteiger partial charge in [-0.3, -0.25) is 19.2 Å². The molecule has 6 rings (SSSR count). The lowest BCUT2D eigenvalue weighted by Crippen LogP contribution is -2.77. The number of esters is 4. The summed E-state index contributed by atoms with van der Waals surface area (Å²) in [5.41, 5.74) is -7.82. The van der Waals surface area contributed by atoms with Gasteiger partial charge in [-0.05, 0) is 61.2 Å². The number of hydrogen-bond acceptors (Lipinski definition) is 14. The largest absolute Gasteiger partial charge is 0.456 e. The number of aliphatic hydroxyl groups excluding tert-OH is 3. The van der Waals surface area contributed by atoms with E-state index in [0.29, 0.717) is 5.56 Å². The summed E-state index contributed by atoms with van der Waals surface area (Å²) in [5, 5.41) is 51.7. The van der Waals surface area contributed by atoms with Crippen LogP contribution in [0.15, 0.2) is 102 Å². The second-order valence-electron chi connectivity index (χ2n) is 17.6. The van der Waals surface area contributed by atoms with Crippen LogP contribution in [0.5, 0.6) is 0 Å². The second kappa shape index (κ2) is 17.8. The zero-order valence-corrected chi connectivity index (χ0v) is 36.3. The number of Topliss-reactive ketones (excluding diaryl/α,β-unsaturated/α-hetero) is 1. The summed E-state index contributed by atoms with van der Waals surface area (Å²) in [4.78, 5) is 83.7. The SMILES string of the molecule is CC(=O)O[C@H]1C(=O)[C@@]2(C)C([C@H](OC(=O)c3ccccc3)[C@]3(O)C[C@H](OC(=O)[C@H](O)[C@@H](NC(=O)c4ccccc4)c4ccccc4)C(C)=C1C3(C)C)[C@@](CO)(OC(C)=O)C(C)C[C@@H]2O. The van der Waals surface area contributed by atoms with Crippen LogP contribution in [0.1, 0.15) is 93.6 Å². The van der Waals surface area contributed by atoms with E-state index in [2.05, 4.69) is 5.32 Å². The topological polar surface area (TPSA) is 232 Å². The highest BCUT2D eigenvalue weighted by Gasteiger charge is 2.75. The van der Waals surface area contributed by atoms with Gasteiger partial charge in [-0.25, -0.2) is 9.59 Å². The fourth-order valence-corrected chi connectivity index (χ4v) is 10.2. The summed E-state index contributed by atoms with van der Waals surface area (Å²) < 4.78 is 24.3. The van der Waals surface area contributed by atoms with Crippen LogP contribution in [0.25, 0.3) is 0 Å². The number of nitrogens with one attached hydrogen (secondary N) is 1. The normalized spacial score (nSPS) is 30.9. The maximum Gasteiger partial charge on any atom is 0.338 e. The van der Waals surface area contributed by atoms with E-state index in [1.165, 1.54) is 39.8 Å². The van der Waals surface area contributed by atoms with Gasteiger partial charge in [-0.2, -0.15) is 0 Å². The molecule has 336 valence electrons. The standard InChI is InChI=1S/C48H55NO14/c1-26-23-34(53)46(7)39(47(26,25-50)63-29(4)52)41(62-43(57)32-21-15-10-16-22-32)48(59)24-33(27(2)35(45(48,5)6)38(40(46)55)60-28(3)51)61-44(58)37(54)36(30-17-11-8-12-18-30)49-42(56)31-19-13-9-14-20-31/h8-22,26,33-34,36-39,41,50,53-54,59H,23-25H2,1-7H3,(H,49,56)/t26?,33-,34-,36-,37+,38+,39?,41-,46+,47-,48+/m0/s1. The predicted molar refractivity (Wildman–Crippen MR) is 224 cm³/mol. The van der Waals surface area contributed by atoms with Crippen molar-refractivity contribution in [3.63, 3.8) is 0 Å². The first kappa shape index (κ1) is 46.8. The number of rotatable bonds is 11. The minimum absolute atomic E-state index is 0.0247. The number of ether oxygens (including phenoxy) is 4. The number of amides is 1. The van der Waals surface area contributed by atoms with Crippen molar-refractivity contribution in [2.24, 2.45) is 22.7 Å². The van der Waals surface area contributed by atoms with Crippen molar-refractivity contribution in [1.29, 1.82) is 0 Å². The number of carbonyl (C=O) groups is 6. The third kappa shape index (κ3) is 8.18. The molecule has 15 nitrogen and oxygen atoms in total. The predicted octanol–water partition coefficient (Wildman–Crippen LogP) is 3.97. The van der Waals surface area contributed by atoms with E-state index in [-0.39, 0.29) is 28.7 Å². The molecular weight excluding hydrogens is 815 g/mol. The molecule has 0 spiro atoms. The van der Waals surface area contributed by atoms with E-state index < -0.39 is 119 Å². The van der Waals surface area contributed by atoms with E-state index in [0.717, 1.165) is 13.8 Å². The van der Waals surface area contributed by atoms with E-state index in [4.69, 9.17) is 18.9 Å². The molecule has 0 heterocycles. The maximum absolute atomic E-state index is 15.5. The molecule has 2 unspecified atom stereocenters. The summed E-state index contributed by atoms with van der Waals surface area (Å²) in [5.74, 6) is -8.30. The van der Waals surface area contributed by atoms with Crippen LogP contribution in [0.3, 0.4) is 0 Å². The molecule has 2 fully saturated rings. The molecule has 3 aromatic rings. The first-order valence-corrected chi connectivity index (χ1v) is 20.8. The summed E-state index contributed by atoms with van der Waals surface area (Å²) in [6.07, 6.45) is -9.87. The monoisotopic (exact) mass is 869 g/mol. The van der Waals surface area contributed by atoms with Crippen molar-refractivity contribution in [3.05, 3.63) is 119 Å². The molecule has 11 atom stereocenters. The Morgan fingerprint density at radius 1 is 0.825 bits per heavy atom. The van der Waals surface area contributed by atoms with Crippen LogP contribution < -0.4 is 5.32 Å². The molecule has 63 heavy (non-hydrogen) atoms. The zero-order chi connectivity index (χ0) is 46.2. The third-order valence-corrected chi connectivity index (χ3v) is 13.6. The van der Waals surface area contributed by atoms with Crippen molar-refractivity contribution in [3.8, 4) is 0 Å². The van der Waals surface area contributed by atoms with Crippen molar-refractivity contribution in [2.75, 3.05) is 6.61 Å². The lowest BCUT2D eigenvalue weighted by atomic mass is 9.44. The number of aliphatic hydroxyl groups is 4. The zero-order valence-electron chi connectivity index (χ0n) is 36.3. The van der Waals surface area contributed by atoms with Gasteiger partial charge in [0.1, 0.15) is 23.4 Å². The van der Waals surface area contributed by atoms with Gasteiger partial charge in [-0.1, -0.05) is 87.5 Å². The molecule has 0 radical (unpaired) electrons. The van der Waals surface area contributed by atoms with Gasteiger partial charge in [0, 0.05) is 37.2 Å². The summed E-state index contributed by atoms with van der Waals surface area (Å²) in [6, 6.07) is 22.7. The van der Waals surface area contributed by atoms with Crippen LogP contribution in [0.2, 0.25) is 0 Å². The molecule has 15 heteroatoms. The van der Waals surface area contributed by atoms with Gasteiger partial charge < -0.3 is 44.7 Å². The van der Waals surface area contributed by atoms with Crippen LogP contribution in [-0.4, -0.2) is 104 Å². The third-order valence-electron chi connectivity index (χ3n) is 13.6. The Balaban J connectivity index is 1.56. The lowest BCUT2D eigenvalue weighted by Gasteiger charge is -2.64. The van der Waals surface area contributed by atoms with Gasteiger partial charge in [0.05, 0.1) is 35.6 Å². The van der Waals surface area contributed by atoms with Crippen molar-refractivity contribution in [1.82, 2.24) is 5.32 Å². The first-order valence-electron chi connectivity index (χ1n) is 20.8. The second-order valence-corrected chi connectivity index (χ2v) is 17.6. The van der Waals surface area contributed by atoms with Gasteiger partial charge in [0.2, 0.25) is 0 Å². The summed E-state index contributed by atoms with van der Waals surface area (Å²) in [7, 11) is 0. The highest BCUT2D eigenvalue weighted by Crippen LogP contribution is 2.63. The summed E-state index contributed by atoms with van der Waals surface area (Å²) in [6.45, 7) is 8.62. The highest BCUT2D eigenvalue weighted by atomic mass is 16.6. The minimum Gasteiger partial charge on any atom is -0.456 e. The van der Waals surface area contributed by atoms with Crippen LogP contribution in [0, 0.1) is 22.7 Å². The van der Waals surface area contributed by atoms with Gasteiger partial charge in [-0.15, -0.1) is 0 Å². The van der Waals surface area contributed by atoms with Crippen LogP contribution >= 0.6 is 0 Å². The average molecular weight is 870 g/mol. The highest BCUT2D eigenvalue weighted by molar-refractivity contribution is 5.96. The Bertz CT molecular complexity index is 2260. The quantitative estimate of drug-likeness (QED) is 0.104. The van der Waals surface area contributed by atoms with Gasteiger partial charge >= 0.3 is 23.9 Å². The molecule has 1 amide bonds. The Kier molecular flexibility index (Phi) is 13.2. The molecule has 5 N–H and O–H groups in total. The summed E-state index contributed by atoms with van der Waals surface area (Å²) >= 11 is 0. The number of hydrogen-bond donors (Lipinski definition) is 5. The molecule has 0 saturated heterocycles. The number of benzene rings is 3. The maximum atomic E-state index is 15.5. The average Bonchev–Trinajstić information content (AvgIpc) is 3.25. The molecule has 2 saturated carbocycles. The van der Waals surface area contributed by atoms with Gasteiger partial charge in [0.25, 0.3) is 5.91 Å². The molecular formula is C48H55NO14. The smallest absolute Gasteiger partial charge is 0.338 e. The number of fused-ring (bicyclic) bond motifs is 3. The Morgan fingerprint density at radius 2 is 1.38 bits per heavy atom. The number of ketones is 1. The van der Waals surface area contributed by atoms with Crippen molar-refractivity contribution >= 4 is 35.6 Å². The fraction of sp³-hybridized carbons (Fsp3) is 0.458. The Labute approximate surface area is 365 Å². The molecule has 3 aliphatic rings. The van der Waals surface area contributed by atoms with Gasteiger partial charge in [0.15, 0.2) is 18.0 Å². The van der Waals surface area contributed by atoms with Crippen molar-refractivity contribution in [2.45, 2.75) is 109 Å². The van der Waals surface area contributed by atoms with Crippen molar-refractivity contribution < 1.29 is 68.1 Å². The molecule has 0 aliphatic heterocycles. The lowest BCUT2D eigenvalue weighted by molar-refractivity contribution is -0.280. The van der Waals surface area contributed by atoms with E-state index in [1.807, 2.05) is 0 Å². The van der Waals surface area contributed by atoms with Crippen LogP contribution in [-0.2, 0) is 38.1 Å². The molecule has 2 bridgehead atoms. The minimum atomic E-state index is -2.48.